The standard InChI is InChI=1S/C44H64O23/c1-7-20-23(26(39(56)58-5)16-61-41(20)66-43-37(54)35(52)33(50)29(13-46)64-43)10-31(48)60-15-18(3)22-9-28(19(4)25(22)12-45)63-32(49)11-24-21(8-2)42(62-17-27(24)40(57)59-6)67-44-38(55)36(53)34(51)30(14-47)65-44/h7-8,16-19,22-25,28-30,33-38,41-47,50-55H,9-15H2,1-6H3/b20-7+,21-8?/t18-,19+,22-,23-,24-,25-,28-,29+,30+,33+,34+,35-,36-,37+,38+,41-,42-,43-,44-/m0/s1. The summed E-state index contributed by atoms with van der Waals surface area (Å²) >= 11 is 0. The lowest BCUT2D eigenvalue weighted by Crippen LogP contribution is -2.60. The van der Waals surface area contributed by atoms with Crippen LogP contribution in [0.2, 0.25) is 0 Å². The van der Waals surface area contributed by atoms with Gasteiger partial charge >= 0.3 is 23.9 Å². The smallest absolute Gasteiger partial charge is 0.337 e. The van der Waals surface area contributed by atoms with Crippen LogP contribution >= 0.6 is 0 Å². The lowest BCUT2D eigenvalue weighted by molar-refractivity contribution is -0.327. The molecule has 0 radical (unpaired) electrons. The SMILES string of the molecule is CC=C1[C@H](O[C@@H]2O[C@H](CO)[C@@H](O)[C@H](O)[C@H]2O)OC=C(C(=O)OC)[C@H]1CC(=O)O[C@H]1C[C@@H]([C@@H](C)COC(=O)C[C@@H]2C(C(=O)OC)=CO[C@@H](O[C@@H]3O[C@H](CO)[C@@H](O)[C@H](O)[C@H]3O)/C2=C/C)[C@@H](CO)[C@H]1C. The molecule has 0 amide bonds. The predicted octanol–water partition coefficient (Wildman–Crippen LogP) is -2.29. The van der Waals surface area contributed by atoms with Gasteiger partial charge < -0.3 is 93.3 Å². The molecule has 0 unspecified atom stereocenters. The molecule has 5 rings (SSSR count). The number of hydrogen-bond donors (Lipinski definition) is 9. The number of rotatable bonds is 17. The number of aliphatic hydroxyl groups excluding tert-OH is 9. The fourth-order valence-electron chi connectivity index (χ4n) is 9.24. The van der Waals surface area contributed by atoms with Crippen LogP contribution in [-0.2, 0) is 66.5 Å². The minimum atomic E-state index is -1.77. The minimum Gasteiger partial charge on any atom is -0.468 e. The Kier molecular flexibility index (Phi) is 19.3. The summed E-state index contributed by atoms with van der Waals surface area (Å²) in [6.45, 7) is 4.93. The molecular formula is C44H64O23. The van der Waals surface area contributed by atoms with Gasteiger partial charge in [0.05, 0.1) is 70.6 Å². The average Bonchev–Trinajstić information content (AvgIpc) is 3.64. The lowest BCUT2D eigenvalue weighted by Gasteiger charge is -2.42. The van der Waals surface area contributed by atoms with E-state index in [1.807, 2.05) is 0 Å². The molecule has 4 aliphatic heterocycles. The summed E-state index contributed by atoms with van der Waals surface area (Å²) in [5, 5.41) is 91.8. The lowest BCUT2D eigenvalue weighted by atomic mass is 9.83. The van der Waals surface area contributed by atoms with E-state index in [-0.39, 0.29) is 59.7 Å². The molecule has 67 heavy (non-hydrogen) atoms. The minimum absolute atomic E-state index is 0.0581. The summed E-state index contributed by atoms with van der Waals surface area (Å²) < 4.78 is 55.4. The highest BCUT2D eigenvalue weighted by Gasteiger charge is 2.50. The largest absolute Gasteiger partial charge is 0.468 e. The number of ether oxygens (including phenoxy) is 10. The van der Waals surface area contributed by atoms with E-state index in [0.29, 0.717) is 0 Å². The first-order valence-corrected chi connectivity index (χ1v) is 22.0. The molecule has 1 saturated carbocycles. The van der Waals surface area contributed by atoms with E-state index < -0.39 is 148 Å². The fourth-order valence-corrected chi connectivity index (χ4v) is 9.24. The molecule has 0 aromatic carbocycles. The molecule has 23 heteroatoms. The number of aliphatic hydroxyl groups is 9. The Labute approximate surface area is 386 Å². The van der Waals surface area contributed by atoms with Crippen molar-refractivity contribution >= 4 is 23.9 Å². The van der Waals surface area contributed by atoms with Crippen molar-refractivity contribution in [1.82, 2.24) is 0 Å². The second-order valence-electron chi connectivity index (χ2n) is 17.1. The predicted molar refractivity (Wildman–Crippen MR) is 221 cm³/mol. The highest BCUT2D eigenvalue weighted by molar-refractivity contribution is 5.91. The van der Waals surface area contributed by atoms with Crippen LogP contribution in [0.4, 0.5) is 0 Å². The van der Waals surface area contributed by atoms with Gasteiger partial charge in [-0.2, -0.15) is 0 Å². The number of carbonyl (C=O) groups is 4. The second kappa shape index (κ2) is 24.0. The third-order valence-electron chi connectivity index (χ3n) is 13.2. The Balaban J connectivity index is 1.22. The Morgan fingerprint density at radius 3 is 1.54 bits per heavy atom. The van der Waals surface area contributed by atoms with Gasteiger partial charge in [0.25, 0.3) is 0 Å². The first-order chi connectivity index (χ1) is 31.9. The van der Waals surface area contributed by atoms with E-state index in [4.69, 9.17) is 47.4 Å². The molecule has 1 aliphatic carbocycles. The van der Waals surface area contributed by atoms with Gasteiger partial charge in [0.15, 0.2) is 12.6 Å². The third kappa shape index (κ3) is 11.9. The molecule has 0 spiro atoms. The first-order valence-electron chi connectivity index (χ1n) is 22.0. The Morgan fingerprint density at radius 2 is 1.13 bits per heavy atom. The van der Waals surface area contributed by atoms with Crippen molar-refractivity contribution in [3.63, 3.8) is 0 Å². The Bertz CT molecular complexity index is 1840. The van der Waals surface area contributed by atoms with Crippen molar-refractivity contribution in [2.24, 2.45) is 35.5 Å². The van der Waals surface area contributed by atoms with Crippen LogP contribution in [0.1, 0.15) is 47.0 Å². The maximum atomic E-state index is 13.8. The monoisotopic (exact) mass is 960 g/mol. The topological polar surface area (TPSA) is 343 Å². The van der Waals surface area contributed by atoms with Crippen LogP contribution in [-0.4, -0.2) is 191 Å². The number of methoxy groups -OCH3 is 2. The fraction of sp³-hybridized carbons (Fsp3) is 0.727. The molecule has 3 fully saturated rings. The zero-order valence-electron chi connectivity index (χ0n) is 38.0. The van der Waals surface area contributed by atoms with E-state index in [1.54, 1.807) is 27.7 Å². The molecule has 23 nitrogen and oxygen atoms in total. The van der Waals surface area contributed by atoms with Crippen LogP contribution in [0, 0.1) is 35.5 Å². The Hall–Kier alpha value is -4.08. The van der Waals surface area contributed by atoms with Gasteiger partial charge in [0.2, 0.25) is 12.6 Å². The molecule has 4 heterocycles. The van der Waals surface area contributed by atoms with Gasteiger partial charge in [-0.05, 0) is 43.9 Å². The first kappa shape index (κ1) is 53.9. The summed E-state index contributed by atoms with van der Waals surface area (Å²) in [4.78, 5) is 53.0. The van der Waals surface area contributed by atoms with Crippen molar-refractivity contribution < 1.29 is 113 Å². The van der Waals surface area contributed by atoms with E-state index in [2.05, 4.69) is 0 Å². The van der Waals surface area contributed by atoms with Crippen LogP contribution in [0.5, 0.6) is 0 Å². The van der Waals surface area contributed by atoms with Crippen LogP contribution in [0.25, 0.3) is 0 Å². The van der Waals surface area contributed by atoms with E-state index in [0.717, 1.165) is 26.7 Å². The second-order valence-corrected chi connectivity index (χ2v) is 17.1. The number of hydrogen-bond acceptors (Lipinski definition) is 23. The summed E-state index contributed by atoms with van der Waals surface area (Å²) in [6.07, 6.45) is -15.0. The van der Waals surface area contributed by atoms with E-state index in [9.17, 15) is 65.1 Å². The third-order valence-corrected chi connectivity index (χ3v) is 13.2. The molecule has 378 valence electrons. The van der Waals surface area contributed by atoms with Crippen molar-refractivity contribution in [1.29, 1.82) is 0 Å². The zero-order chi connectivity index (χ0) is 49.4. The van der Waals surface area contributed by atoms with Gasteiger partial charge in [-0.1, -0.05) is 26.0 Å². The van der Waals surface area contributed by atoms with Gasteiger partial charge in [-0.15, -0.1) is 0 Å². The summed E-state index contributed by atoms with van der Waals surface area (Å²) in [5.41, 5.74) is 0.340. The normalized spacial score (nSPS) is 39.3. The van der Waals surface area contributed by atoms with Crippen molar-refractivity contribution in [3.8, 4) is 0 Å². The van der Waals surface area contributed by atoms with Crippen molar-refractivity contribution in [3.05, 3.63) is 47.0 Å². The van der Waals surface area contributed by atoms with E-state index in [1.165, 1.54) is 12.2 Å². The number of allylic oxidation sites excluding steroid dienone is 2. The molecule has 19 atom stereocenters. The maximum absolute atomic E-state index is 13.8. The van der Waals surface area contributed by atoms with Gasteiger partial charge in [0.1, 0.15) is 54.9 Å². The molecule has 9 N–H and O–H groups in total. The summed E-state index contributed by atoms with van der Waals surface area (Å²) in [6, 6.07) is 0. The van der Waals surface area contributed by atoms with Gasteiger partial charge in [-0.3, -0.25) is 9.59 Å². The molecule has 0 aromatic rings. The molecule has 0 bridgehead atoms. The summed E-state index contributed by atoms with van der Waals surface area (Å²) in [5.74, 6) is -6.66. The molecular weight excluding hydrogens is 896 g/mol. The number of esters is 4. The van der Waals surface area contributed by atoms with Gasteiger partial charge in [0, 0.05) is 29.6 Å². The van der Waals surface area contributed by atoms with Gasteiger partial charge in [-0.25, -0.2) is 9.59 Å². The van der Waals surface area contributed by atoms with E-state index >= 15 is 0 Å². The highest BCUT2D eigenvalue weighted by Crippen LogP contribution is 2.44. The van der Waals surface area contributed by atoms with Crippen molar-refractivity contribution in [2.45, 2.75) is 127 Å². The van der Waals surface area contributed by atoms with Crippen molar-refractivity contribution in [2.75, 3.05) is 40.6 Å². The average molecular weight is 961 g/mol. The quantitative estimate of drug-likeness (QED) is 0.0421. The van der Waals surface area contributed by atoms with Crippen LogP contribution < -0.4 is 0 Å². The summed E-state index contributed by atoms with van der Waals surface area (Å²) in [7, 11) is 2.28. The zero-order valence-corrected chi connectivity index (χ0v) is 38.0. The number of carbonyl (C=O) groups excluding carboxylic acids is 4. The maximum Gasteiger partial charge on any atom is 0.337 e. The molecule has 0 aromatic heterocycles. The van der Waals surface area contributed by atoms with Crippen LogP contribution in [0.3, 0.4) is 0 Å². The molecule has 5 aliphatic rings. The van der Waals surface area contributed by atoms with Crippen LogP contribution in [0.15, 0.2) is 47.0 Å². The highest BCUT2D eigenvalue weighted by atomic mass is 16.8. The molecule has 2 saturated heterocycles. The Morgan fingerprint density at radius 1 is 0.687 bits per heavy atom.